The zero-order chi connectivity index (χ0) is 14.9. The standard InChI is InChI=1S/C11H12F2N4O2S/c1-16(2)20(18,19)8-3-15-17(6-8)7-9-10(12)4-14-5-11(9)13/h3-6H,7H2,1-2H3. The molecule has 0 aliphatic rings. The lowest BCUT2D eigenvalue weighted by Gasteiger charge is -2.08. The molecule has 0 amide bonds. The van der Waals surface area contributed by atoms with Crippen molar-refractivity contribution in [3.8, 4) is 0 Å². The van der Waals surface area contributed by atoms with Gasteiger partial charge in [-0.05, 0) is 0 Å². The molecule has 0 saturated heterocycles. The SMILES string of the molecule is CN(C)S(=O)(=O)c1cnn(Cc2c(F)cncc2F)c1. The Labute approximate surface area is 114 Å². The minimum absolute atomic E-state index is 0.0441. The highest BCUT2D eigenvalue weighted by Gasteiger charge is 2.20. The zero-order valence-corrected chi connectivity index (χ0v) is 11.6. The summed E-state index contributed by atoms with van der Waals surface area (Å²) in [5.74, 6) is -1.62. The Balaban J connectivity index is 2.32. The molecule has 2 aromatic rings. The van der Waals surface area contributed by atoms with Gasteiger partial charge in [-0.1, -0.05) is 0 Å². The molecule has 0 aliphatic carbocycles. The third-order valence-electron chi connectivity index (χ3n) is 2.66. The van der Waals surface area contributed by atoms with Crippen LogP contribution in [0, 0.1) is 11.6 Å². The quantitative estimate of drug-likeness (QED) is 0.840. The molecule has 6 nitrogen and oxygen atoms in total. The molecule has 0 bridgehead atoms. The number of pyridine rings is 1. The Morgan fingerprint density at radius 1 is 1.20 bits per heavy atom. The van der Waals surface area contributed by atoms with E-state index >= 15 is 0 Å². The highest BCUT2D eigenvalue weighted by molar-refractivity contribution is 7.89. The highest BCUT2D eigenvalue weighted by Crippen LogP contribution is 2.15. The van der Waals surface area contributed by atoms with Gasteiger partial charge in [0.2, 0.25) is 10.0 Å². The summed E-state index contributed by atoms with van der Waals surface area (Å²) in [4.78, 5) is 3.33. The average Bonchev–Trinajstić information content (AvgIpc) is 2.83. The smallest absolute Gasteiger partial charge is 0.245 e. The minimum atomic E-state index is -3.62. The van der Waals surface area contributed by atoms with E-state index in [0.717, 1.165) is 27.6 Å². The first-order chi connectivity index (χ1) is 9.32. The predicted octanol–water partition coefficient (Wildman–Crippen LogP) is 0.855. The van der Waals surface area contributed by atoms with Crippen molar-refractivity contribution >= 4 is 10.0 Å². The van der Waals surface area contributed by atoms with Crippen molar-refractivity contribution in [2.24, 2.45) is 0 Å². The molecule has 20 heavy (non-hydrogen) atoms. The average molecular weight is 302 g/mol. The minimum Gasteiger partial charge on any atom is -0.267 e. The number of rotatable bonds is 4. The Kier molecular flexibility index (Phi) is 3.82. The Morgan fingerprint density at radius 3 is 2.35 bits per heavy atom. The van der Waals surface area contributed by atoms with Crippen LogP contribution in [-0.4, -0.2) is 41.6 Å². The monoisotopic (exact) mass is 302 g/mol. The molecule has 2 heterocycles. The number of nitrogens with zero attached hydrogens (tertiary/aromatic N) is 4. The Morgan fingerprint density at radius 2 is 1.80 bits per heavy atom. The molecule has 2 rings (SSSR count). The first-order valence-electron chi connectivity index (χ1n) is 5.55. The van der Waals surface area contributed by atoms with Gasteiger partial charge >= 0.3 is 0 Å². The van der Waals surface area contributed by atoms with Crippen LogP contribution in [0.15, 0.2) is 29.7 Å². The summed E-state index contributed by atoms with van der Waals surface area (Å²) in [6, 6.07) is 0. The molecule has 0 aliphatic heterocycles. The third kappa shape index (κ3) is 2.68. The maximum Gasteiger partial charge on any atom is 0.245 e. The summed E-state index contributed by atoms with van der Waals surface area (Å²) in [5, 5.41) is 3.80. The van der Waals surface area contributed by atoms with Gasteiger partial charge in [-0.3, -0.25) is 9.67 Å². The molecule has 0 atom stereocenters. The van der Waals surface area contributed by atoms with Crippen molar-refractivity contribution in [1.29, 1.82) is 0 Å². The normalized spacial score (nSPS) is 12.1. The summed E-state index contributed by atoms with van der Waals surface area (Å²) < 4.78 is 52.7. The molecular weight excluding hydrogens is 290 g/mol. The van der Waals surface area contributed by atoms with E-state index in [9.17, 15) is 17.2 Å². The van der Waals surface area contributed by atoms with Gasteiger partial charge in [-0.2, -0.15) is 5.10 Å². The molecule has 0 spiro atoms. The van der Waals surface area contributed by atoms with Gasteiger partial charge in [-0.25, -0.2) is 21.5 Å². The molecule has 108 valence electrons. The lowest BCUT2D eigenvalue weighted by atomic mass is 10.2. The van der Waals surface area contributed by atoms with Gasteiger partial charge in [0.1, 0.15) is 16.5 Å². The first-order valence-corrected chi connectivity index (χ1v) is 6.99. The van der Waals surface area contributed by atoms with Gasteiger partial charge in [0.25, 0.3) is 0 Å². The van der Waals surface area contributed by atoms with Crippen LogP contribution in [-0.2, 0) is 16.6 Å². The van der Waals surface area contributed by atoms with Gasteiger partial charge in [0.05, 0.1) is 25.1 Å². The largest absolute Gasteiger partial charge is 0.267 e. The second kappa shape index (κ2) is 5.25. The van der Waals surface area contributed by atoms with Crippen LogP contribution in [0.3, 0.4) is 0 Å². The maximum atomic E-state index is 13.4. The molecule has 0 fully saturated rings. The van der Waals surface area contributed by atoms with Crippen LogP contribution in [0.1, 0.15) is 5.56 Å². The summed E-state index contributed by atoms with van der Waals surface area (Å²) in [6.07, 6.45) is 4.12. The molecule has 0 saturated carbocycles. The van der Waals surface area contributed by atoms with E-state index in [2.05, 4.69) is 10.1 Å². The molecule has 0 aromatic carbocycles. The summed E-state index contributed by atoms with van der Waals surface area (Å²) in [5.41, 5.74) is -0.225. The number of hydrogen-bond acceptors (Lipinski definition) is 4. The van der Waals surface area contributed by atoms with E-state index in [1.54, 1.807) is 0 Å². The van der Waals surface area contributed by atoms with E-state index in [0.29, 0.717) is 0 Å². The van der Waals surface area contributed by atoms with Crippen molar-refractivity contribution < 1.29 is 17.2 Å². The van der Waals surface area contributed by atoms with Crippen LogP contribution in [0.25, 0.3) is 0 Å². The van der Waals surface area contributed by atoms with E-state index in [-0.39, 0.29) is 17.0 Å². The van der Waals surface area contributed by atoms with Gasteiger partial charge < -0.3 is 0 Å². The second-order valence-electron chi connectivity index (χ2n) is 4.24. The summed E-state index contributed by atoms with van der Waals surface area (Å²) >= 11 is 0. The second-order valence-corrected chi connectivity index (χ2v) is 6.39. The van der Waals surface area contributed by atoms with E-state index in [1.165, 1.54) is 20.3 Å². The summed E-state index contributed by atoms with van der Waals surface area (Å²) in [6.45, 7) is -0.219. The fraction of sp³-hybridized carbons (Fsp3) is 0.273. The fourth-order valence-electron chi connectivity index (χ4n) is 1.53. The van der Waals surface area contributed by atoms with Crippen LogP contribution in [0.2, 0.25) is 0 Å². The van der Waals surface area contributed by atoms with Crippen molar-refractivity contribution in [2.45, 2.75) is 11.4 Å². The zero-order valence-electron chi connectivity index (χ0n) is 10.8. The number of aromatic nitrogens is 3. The molecule has 0 radical (unpaired) electrons. The maximum absolute atomic E-state index is 13.4. The Bertz CT molecular complexity index is 708. The van der Waals surface area contributed by atoms with Gasteiger partial charge in [0, 0.05) is 25.9 Å². The predicted molar refractivity (Wildman–Crippen MR) is 66.4 cm³/mol. The topological polar surface area (TPSA) is 68.1 Å². The van der Waals surface area contributed by atoms with Gasteiger partial charge in [-0.15, -0.1) is 0 Å². The van der Waals surface area contributed by atoms with Crippen molar-refractivity contribution in [3.63, 3.8) is 0 Å². The fourth-order valence-corrected chi connectivity index (χ4v) is 2.38. The first kappa shape index (κ1) is 14.5. The molecule has 2 aromatic heterocycles. The summed E-state index contributed by atoms with van der Waals surface area (Å²) in [7, 11) is -0.851. The van der Waals surface area contributed by atoms with Crippen LogP contribution in [0.5, 0.6) is 0 Å². The van der Waals surface area contributed by atoms with Crippen molar-refractivity contribution in [1.82, 2.24) is 19.1 Å². The van der Waals surface area contributed by atoms with E-state index in [1.807, 2.05) is 0 Å². The van der Waals surface area contributed by atoms with Gasteiger partial charge in [0.15, 0.2) is 0 Å². The van der Waals surface area contributed by atoms with Crippen LogP contribution < -0.4 is 0 Å². The lowest BCUT2D eigenvalue weighted by molar-refractivity contribution is 0.519. The molecule has 9 heteroatoms. The van der Waals surface area contributed by atoms with Crippen molar-refractivity contribution in [3.05, 3.63) is 42.0 Å². The lowest BCUT2D eigenvalue weighted by Crippen LogP contribution is -2.21. The van der Waals surface area contributed by atoms with Crippen molar-refractivity contribution in [2.75, 3.05) is 14.1 Å². The Hall–Kier alpha value is -1.87. The highest BCUT2D eigenvalue weighted by atomic mass is 32.2. The third-order valence-corrected chi connectivity index (χ3v) is 4.43. The number of hydrogen-bond donors (Lipinski definition) is 0. The number of halogens is 2. The molecule has 0 unspecified atom stereocenters. The molecular formula is C11H12F2N4O2S. The van der Waals surface area contributed by atoms with Crippen LogP contribution in [0.4, 0.5) is 8.78 Å². The van der Waals surface area contributed by atoms with E-state index in [4.69, 9.17) is 0 Å². The van der Waals surface area contributed by atoms with Crippen LogP contribution >= 0.6 is 0 Å². The number of sulfonamides is 1. The molecule has 0 N–H and O–H groups in total. The van der Waals surface area contributed by atoms with E-state index < -0.39 is 21.7 Å².